The fourth-order valence-corrected chi connectivity index (χ4v) is 3.88. The molecule has 0 aromatic carbocycles. The lowest BCUT2D eigenvalue weighted by Crippen LogP contribution is -2.41. The Morgan fingerprint density at radius 3 is 2.90 bits per heavy atom. The highest BCUT2D eigenvalue weighted by atomic mass is 16.5. The van der Waals surface area contributed by atoms with Crippen molar-refractivity contribution in [2.75, 3.05) is 40.4 Å². The van der Waals surface area contributed by atoms with Crippen molar-refractivity contribution < 1.29 is 4.74 Å². The normalized spacial score (nSPS) is 21.9. The van der Waals surface area contributed by atoms with Crippen LogP contribution in [0.25, 0.3) is 0 Å². The molecule has 118 valence electrons. The molecular weight excluding hydrogens is 264 g/mol. The first-order valence-corrected chi connectivity index (χ1v) is 8.15. The minimum Gasteiger partial charge on any atom is -0.381 e. The second kappa shape index (κ2) is 6.46. The predicted octanol–water partition coefficient (Wildman–Crippen LogP) is 1.74. The van der Waals surface area contributed by atoms with E-state index < -0.39 is 0 Å². The Morgan fingerprint density at radius 2 is 2.19 bits per heavy atom. The van der Waals surface area contributed by atoms with Gasteiger partial charge in [-0.1, -0.05) is 0 Å². The van der Waals surface area contributed by atoms with Crippen molar-refractivity contribution in [3.05, 3.63) is 17.5 Å². The van der Waals surface area contributed by atoms with Crippen LogP contribution in [0.15, 0.2) is 6.20 Å². The Labute approximate surface area is 127 Å². The third-order valence-electron chi connectivity index (χ3n) is 5.26. The van der Waals surface area contributed by atoms with Gasteiger partial charge in [0.1, 0.15) is 0 Å². The van der Waals surface area contributed by atoms with Gasteiger partial charge >= 0.3 is 0 Å². The van der Waals surface area contributed by atoms with Crippen molar-refractivity contribution in [1.82, 2.24) is 20.4 Å². The number of hydrogen-bond donors (Lipinski definition) is 2. The Balaban J connectivity index is 1.56. The van der Waals surface area contributed by atoms with Gasteiger partial charge in [-0.2, -0.15) is 5.10 Å². The van der Waals surface area contributed by atoms with Gasteiger partial charge < -0.3 is 15.0 Å². The van der Waals surface area contributed by atoms with Crippen molar-refractivity contribution in [3.8, 4) is 0 Å². The van der Waals surface area contributed by atoms with E-state index in [0.29, 0.717) is 11.3 Å². The molecule has 2 aliphatic rings. The standard InChI is InChI=1S/C16H28N4O/c1-17-5-6-20(2)12-14-11-18-19-15(14)13-9-16(10-13)3-7-21-8-4-16/h11,13,17H,3-10,12H2,1-2H3,(H,18,19). The van der Waals surface area contributed by atoms with Crippen LogP contribution >= 0.6 is 0 Å². The summed E-state index contributed by atoms with van der Waals surface area (Å²) in [6.45, 7) is 4.98. The highest BCUT2D eigenvalue weighted by Crippen LogP contribution is 2.56. The molecule has 1 aliphatic carbocycles. The summed E-state index contributed by atoms with van der Waals surface area (Å²) in [6.07, 6.45) is 7.13. The van der Waals surface area contributed by atoms with E-state index in [-0.39, 0.29) is 0 Å². The number of nitrogens with one attached hydrogen (secondary N) is 2. The Hall–Kier alpha value is -0.910. The molecule has 5 heteroatoms. The van der Waals surface area contributed by atoms with Gasteiger partial charge in [-0.15, -0.1) is 0 Å². The van der Waals surface area contributed by atoms with E-state index >= 15 is 0 Å². The summed E-state index contributed by atoms with van der Waals surface area (Å²) in [4.78, 5) is 2.35. The van der Waals surface area contributed by atoms with Crippen LogP contribution in [0.1, 0.15) is 42.9 Å². The lowest BCUT2D eigenvalue weighted by Gasteiger charge is -2.50. The maximum Gasteiger partial charge on any atom is 0.0535 e. The minimum atomic E-state index is 0.573. The monoisotopic (exact) mass is 292 g/mol. The van der Waals surface area contributed by atoms with Crippen LogP contribution in [-0.2, 0) is 11.3 Å². The van der Waals surface area contributed by atoms with Crippen LogP contribution in [0.3, 0.4) is 0 Å². The number of nitrogens with zero attached hydrogens (tertiary/aromatic N) is 2. The highest BCUT2D eigenvalue weighted by Gasteiger charge is 2.46. The Morgan fingerprint density at radius 1 is 1.43 bits per heavy atom. The number of hydrogen-bond acceptors (Lipinski definition) is 4. The molecule has 1 aromatic heterocycles. The molecule has 0 radical (unpaired) electrons. The van der Waals surface area contributed by atoms with Crippen LogP contribution in [0.5, 0.6) is 0 Å². The Bertz CT molecular complexity index is 445. The van der Waals surface area contributed by atoms with Gasteiger partial charge in [0.2, 0.25) is 0 Å². The zero-order valence-corrected chi connectivity index (χ0v) is 13.3. The maximum atomic E-state index is 5.51. The van der Waals surface area contributed by atoms with E-state index in [4.69, 9.17) is 4.74 Å². The minimum absolute atomic E-state index is 0.573. The predicted molar refractivity (Wildman–Crippen MR) is 83.3 cm³/mol. The smallest absolute Gasteiger partial charge is 0.0535 e. The van der Waals surface area contributed by atoms with Crippen LogP contribution in [0.2, 0.25) is 0 Å². The quantitative estimate of drug-likeness (QED) is 0.838. The zero-order valence-electron chi connectivity index (χ0n) is 13.3. The largest absolute Gasteiger partial charge is 0.381 e. The number of rotatable bonds is 6. The van der Waals surface area contributed by atoms with Crippen LogP contribution in [0.4, 0.5) is 0 Å². The Kier molecular flexibility index (Phi) is 4.62. The SMILES string of the molecule is CNCCN(C)Cc1cn[nH]c1C1CC2(CCOCC2)C1. The van der Waals surface area contributed by atoms with Crippen molar-refractivity contribution >= 4 is 0 Å². The fourth-order valence-electron chi connectivity index (χ4n) is 3.88. The molecule has 2 fully saturated rings. The first-order valence-electron chi connectivity index (χ1n) is 8.15. The summed E-state index contributed by atoms with van der Waals surface area (Å²) in [7, 11) is 4.17. The van der Waals surface area contributed by atoms with E-state index in [1.54, 1.807) is 0 Å². The van der Waals surface area contributed by atoms with Crippen molar-refractivity contribution in [1.29, 1.82) is 0 Å². The molecular formula is C16H28N4O. The summed E-state index contributed by atoms with van der Waals surface area (Å²) in [5, 5.41) is 10.8. The number of aromatic nitrogens is 2. The number of H-pyrrole nitrogens is 1. The number of aromatic amines is 1. The van der Waals surface area contributed by atoms with E-state index in [0.717, 1.165) is 32.8 Å². The van der Waals surface area contributed by atoms with Gasteiger partial charge in [0.25, 0.3) is 0 Å². The molecule has 0 bridgehead atoms. The lowest BCUT2D eigenvalue weighted by molar-refractivity contribution is -0.0406. The fraction of sp³-hybridized carbons (Fsp3) is 0.812. The summed E-state index contributed by atoms with van der Waals surface area (Å²) in [5.41, 5.74) is 3.33. The average Bonchev–Trinajstić information content (AvgIpc) is 2.91. The van der Waals surface area contributed by atoms with Crippen molar-refractivity contribution in [2.24, 2.45) is 5.41 Å². The van der Waals surface area contributed by atoms with Gasteiger partial charge in [-0.25, -0.2) is 0 Å². The molecule has 5 nitrogen and oxygen atoms in total. The summed E-state index contributed by atoms with van der Waals surface area (Å²) >= 11 is 0. The highest BCUT2D eigenvalue weighted by molar-refractivity contribution is 5.24. The van der Waals surface area contributed by atoms with E-state index in [2.05, 4.69) is 27.5 Å². The summed E-state index contributed by atoms with van der Waals surface area (Å²) < 4.78 is 5.51. The number of ether oxygens (including phenoxy) is 1. The topological polar surface area (TPSA) is 53.2 Å². The molecule has 0 atom stereocenters. The summed E-state index contributed by atoms with van der Waals surface area (Å²) in [6, 6.07) is 0. The van der Waals surface area contributed by atoms with Gasteiger partial charge in [0, 0.05) is 50.0 Å². The first-order chi connectivity index (χ1) is 10.2. The van der Waals surface area contributed by atoms with Gasteiger partial charge in [0.05, 0.1) is 6.20 Å². The average molecular weight is 292 g/mol. The van der Waals surface area contributed by atoms with E-state index in [1.807, 2.05) is 13.2 Å². The molecule has 3 rings (SSSR count). The first kappa shape index (κ1) is 15.0. The van der Waals surface area contributed by atoms with E-state index in [9.17, 15) is 0 Å². The molecule has 1 aliphatic heterocycles. The summed E-state index contributed by atoms with van der Waals surface area (Å²) in [5.74, 6) is 0.679. The lowest BCUT2D eigenvalue weighted by atomic mass is 9.57. The van der Waals surface area contributed by atoms with Gasteiger partial charge in [0.15, 0.2) is 0 Å². The molecule has 2 N–H and O–H groups in total. The van der Waals surface area contributed by atoms with Crippen LogP contribution in [0, 0.1) is 5.41 Å². The molecule has 0 unspecified atom stereocenters. The van der Waals surface area contributed by atoms with Crippen LogP contribution in [-0.4, -0.2) is 55.5 Å². The molecule has 1 saturated heterocycles. The maximum absolute atomic E-state index is 5.51. The second-order valence-electron chi connectivity index (χ2n) is 6.87. The second-order valence-corrected chi connectivity index (χ2v) is 6.87. The van der Waals surface area contributed by atoms with E-state index in [1.165, 1.54) is 36.9 Å². The molecule has 2 heterocycles. The van der Waals surface area contributed by atoms with Crippen molar-refractivity contribution in [2.45, 2.75) is 38.1 Å². The zero-order chi connectivity index (χ0) is 14.7. The van der Waals surface area contributed by atoms with Gasteiger partial charge in [-0.05, 0) is 45.2 Å². The van der Waals surface area contributed by atoms with Crippen LogP contribution < -0.4 is 5.32 Å². The van der Waals surface area contributed by atoms with Crippen molar-refractivity contribution in [3.63, 3.8) is 0 Å². The molecule has 1 aromatic rings. The third-order valence-corrected chi connectivity index (χ3v) is 5.26. The number of likely N-dealkylation sites (N-methyl/N-ethyl adjacent to an activating group) is 2. The molecule has 1 saturated carbocycles. The third kappa shape index (κ3) is 3.30. The molecule has 1 spiro atoms. The van der Waals surface area contributed by atoms with Gasteiger partial charge in [-0.3, -0.25) is 5.10 Å². The molecule has 0 amide bonds. The molecule has 21 heavy (non-hydrogen) atoms.